The van der Waals surface area contributed by atoms with Gasteiger partial charge in [0.1, 0.15) is 0 Å². The van der Waals surface area contributed by atoms with Gasteiger partial charge in [0.05, 0.1) is 0 Å². The highest BCUT2D eigenvalue weighted by molar-refractivity contribution is 4.88. The summed E-state index contributed by atoms with van der Waals surface area (Å²) in [5.41, 5.74) is 0. The van der Waals surface area contributed by atoms with Gasteiger partial charge in [-0.15, -0.1) is 0 Å². The molecule has 19 heavy (non-hydrogen) atoms. The van der Waals surface area contributed by atoms with Gasteiger partial charge in [-0.2, -0.15) is 0 Å². The summed E-state index contributed by atoms with van der Waals surface area (Å²) in [6.07, 6.45) is 11.8. The molecule has 2 nitrogen and oxygen atoms in total. The Balaban J connectivity index is 1.33. The molecule has 3 unspecified atom stereocenters. The molecule has 0 spiro atoms. The van der Waals surface area contributed by atoms with Crippen molar-refractivity contribution < 1.29 is 0 Å². The standard InChI is InChI=1S/C17H32N2/c1-14(13-19-9-2-3-10-19)12-18-17-6-4-5-16(11-17)15-7-8-15/h14-18H,2-13H2,1H3. The van der Waals surface area contributed by atoms with Crippen LogP contribution in [0.25, 0.3) is 0 Å². The first-order valence-corrected chi connectivity index (χ1v) is 8.77. The Morgan fingerprint density at radius 3 is 2.53 bits per heavy atom. The molecule has 1 heterocycles. The molecule has 2 heteroatoms. The van der Waals surface area contributed by atoms with Gasteiger partial charge in [0.15, 0.2) is 0 Å². The van der Waals surface area contributed by atoms with Gasteiger partial charge < -0.3 is 10.2 Å². The number of rotatable bonds is 6. The summed E-state index contributed by atoms with van der Waals surface area (Å²) < 4.78 is 0. The van der Waals surface area contributed by atoms with Crippen LogP contribution in [0, 0.1) is 17.8 Å². The predicted molar refractivity (Wildman–Crippen MR) is 81.3 cm³/mol. The fourth-order valence-electron chi connectivity index (χ4n) is 4.25. The highest BCUT2D eigenvalue weighted by Crippen LogP contribution is 2.43. The molecule has 3 atom stereocenters. The van der Waals surface area contributed by atoms with Gasteiger partial charge in [-0.05, 0) is 75.9 Å². The third kappa shape index (κ3) is 4.19. The lowest BCUT2D eigenvalue weighted by Crippen LogP contribution is -2.39. The molecule has 0 bridgehead atoms. The second-order valence-corrected chi connectivity index (χ2v) is 7.48. The summed E-state index contributed by atoms with van der Waals surface area (Å²) in [4.78, 5) is 2.65. The van der Waals surface area contributed by atoms with Crippen LogP contribution in [0.4, 0.5) is 0 Å². The first kappa shape index (κ1) is 13.9. The summed E-state index contributed by atoms with van der Waals surface area (Å²) in [5.74, 6) is 3.01. The molecule has 0 aromatic rings. The van der Waals surface area contributed by atoms with E-state index in [1.54, 1.807) is 0 Å². The van der Waals surface area contributed by atoms with E-state index in [0.29, 0.717) is 0 Å². The van der Waals surface area contributed by atoms with Crippen LogP contribution in [0.1, 0.15) is 58.3 Å². The number of likely N-dealkylation sites (tertiary alicyclic amines) is 1. The van der Waals surface area contributed by atoms with E-state index in [4.69, 9.17) is 0 Å². The van der Waals surface area contributed by atoms with Crippen LogP contribution in [0.3, 0.4) is 0 Å². The maximum absolute atomic E-state index is 3.88. The number of hydrogen-bond acceptors (Lipinski definition) is 2. The third-order valence-corrected chi connectivity index (χ3v) is 5.53. The van der Waals surface area contributed by atoms with E-state index in [-0.39, 0.29) is 0 Å². The monoisotopic (exact) mass is 264 g/mol. The predicted octanol–water partition coefficient (Wildman–Crippen LogP) is 3.28. The van der Waals surface area contributed by atoms with E-state index in [2.05, 4.69) is 17.1 Å². The van der Waals surface area contributed by atoms with Crippen LogP contribution in [0.2, 0.25) is 0 Å². The molecule has 0 amide bonds. The van der Waals surface area contributed by atoms with Gasteiger partial charge in [-0.1, -0.05) is 19.8 Å². The van der Waals surface area contributed by atoms with E-state index < -0.39 is 0 Å². The van der Waals surface area contributed by atoms with Crippen molar-refractivity contribution in [1.29, 1.82) is 0 Å². The minimum atomic E-state index is 0.819. The number of hydrogen-bond donors (Lipinski definition) is 1. The molecule has 3 aliphatic rings. The molecule has 2 aliphatic carbocycles. The molecular weight excluding hydrogens is 232 g/mol. The Labute approximate surface area is 119 Å². The van der Waals surface area contributed by atoms with E-state index in [1.807, 2.05) is 0 Å². The van der Waals surface area contributed by atoms with Crippen molar-refractivity contribution in [3.05, 3.63) is 0 Å². The lowest BCUT2D eigenvalue weighted by atomic mass is 9.82. The molecule has 2 saturated carbocycles. The van der Waals surface area contributed by atoms with Gasteiger partial charge >= 0.3 is 0 Å². The Bertz CT molecular complexity index is 268. The van der Waals surface area contributed by atoms with Crippen molar-refractivity contribution in [2.24, 2.45) is 17.8 Å². The summed E-state index contributed by atoms with van der Waals surface area (Å²) in [7, 11) is 0. The van der Waals surface area contributed by atoms with Gasteiger partial charge in [0.25, 0.3) is 0 Å². The Morgan fingerprint density at radius 2 is 1.79 bits per heavy atom. The highest BCUT2D eigenvalue weighted by atomic mass is 15.1. The minimum absolute atomic E-state index is 0.819. The van der Waals surface area contributed by atoms with Crippen LogP contribution < -0.4 is 5.32 Å². The Kier molecular flexibility index (Phi) is 4.81. The van der Waals surface area contributed by atoms with Gasteiger partial charge in [-0.3, -0.25) is 0 Å². The van der Waals surface area contributed by atoms with Crippen LogP contribution in [0.5, 0.6) is 0 Å². The normalized spacial score (nSPS) is 34.6. The summed E-state index contributed by atoms with van der Waals surface area (Å²) in [5, 5.41) is 3.88. The Morgan fingerprint density at radius 1 is 1.00 bits per heavy atom. The number of nitrogens with zero attached hydrogens (tertiary/aromatic N) is 1. The largest absolute Gasteiger partial charge is 0.314 e. The van der Waals surface area contributed by atoms with Crippen molar-refractivity contribution in [2.45, 2.75) is 64.3 Å². The maximum Gasteiger partial charge on any atom is 0.00699 e. The Hall–Kier alpha value is -0.0800. The van der Waals surface area contributed by atoms with E-state index in [0.717, 1.165) is 23.8 Å². The minimum Gasteiger partial charge on any atom is -0.314 e. The van der Waals surface area contributed by atoms with E-state index in [9.17, 15) is 0 Å². The van der Waals surface area contributed by atoms with Crippen molar-refractivity contribution in [3.8, 4) is 0 Å². The van der Waals surface area contributed by atoms with Crippen molar-refractivity contribution in [2.75, 3.05) is 26.2 Å². The molecule has 1 aliphatic heterocycles. The molecule has 0 aromatic heterocycles. The van der Waals surface area contributed by atoms with E-state index >= 15 is 0 Å². The third-order valence-electron chi connectivity index (χ3n) is 5.53. The molecule has 1 N–H and O–H groups in total. The highest BCUT2D eigenvalue weighted by Gasteiger charge is 2.34. The summed E-state index contributed by atoms with van der Waals surface area (Å²) in [6, 6.07) is 0.834. The second kappa shape index (κ2) is 6.58. The lowest BCUT2D eigenvalue weighted by molar-refractivity contribution is 0.237. The zero-order valence-corrected chi connectivity index (χ0v) is 12.7. The van der Waals surface area contributed by atoms with Gasteiger partial charge in [0, 0.05) is 12.6 Å². The van der Waals surface area contributed by atoms with Crippen molar-refractivity contribution in [3.63, 3.8) is 0 Å². The second-order valence-electron chi connectivity index (χ2n) is 7.48. The smallest absolute Gasteiger partial charge is 0.00699 e. The van der Waals surface area contributed by atoms with Crippen molar-refractivity contribution >= 4 is 0 Å². The summed E-state index contributed by atoms with van der Waals surface area (Å²) in [6.45, 7) is 7.66. The first-order chi connectivity index (χ1) is 9.31. The van der Waals surface area contributed by atoms with E-state index in [1.165, 1.54) is 77.5 Å². The van der Waals surface area contributed by atoms with Crippen LogP contribution in [-0.4, -0.2) is 37.1 Å². The molecular formula is C17H32N2. The van der Waals surface area contributed by atoms with Crippen molar-refractivity contribution in [1.82, 2.24) is 10.2 Å². The SMILES string of the molecule is CC(CNC1CCCC(C2CC2)C1)CN1CCCC1. The fraction of sp³-hybridized carbons (Fsp3) is 1.00. The fourth-order valence-corrected chi connectivity index (χ4v) is 4.25. The molecule has 0 aromatic carbocycles. The van der Waals surface area contributed by atoms with Gasteiger partial charge in [-0.25, -0.2) is 0 Å². The lowest BCUT2D eigenvalue weighted by Gasteiger charge is -2.31. The topological polar surface area (TPSA) is 15.3 Å². The molecule has 0 radical (unpaired) electrons. The molecule has 3 rings (SSSR count). The average molecular weight is 264 g/mol. The molecule has 1 saturated heterocycles. The number of nitrogens with one attached hydrogen (secondary N) is 1. The first-order valence-electron chi connectivity index (χ1n) is 8.77. The zero-order chi connectivity index (χ0) is 13.1. The summed E-state index contributed by atoms with van der Waals surface area (Å²) >= 11 is 0. The van der Waals surface area contributed by atoms with Crippen LogP contribution in [0.15, 0.2) is 0 Å². The van der Waals surface area contributed by atoms with Crippen LogP contribution >= 0.6 is 0 Å². The average Bonchev–Trinajstić information content (AvgIpc) is 3.16. The molecule has 110 valence electrons. The quantitative estimate of drug-likeness (QED) is 0.792. The van der Waals surface area contributed by atoms with Gasteiger partial charge in [0.2, 0.25) is 0 Å². The maximum atomic E-state index is 3.88. The van der Waals surface area contributed by atoms with Crippen LogP contribution in [-0.2, 0) is 0 Å². The molecule has 3 fully saturated rings. The zero-order valence-electron chi connectivity index (χ0n) is 12.7.